The van der Waals surface area contributed by atoms with Crippen molar-refractivity contribution < 1.29 is 14.7 Å². The highest BCUT2D eigenvalue weighted by molar-refractivity contribution is 5.94. The van der Waals surface area contributed by atoms with Gasteiger partial charge >= 0.3 is 0 Å². The molecule has 0 saturated carbocycles. The fraction of sp³-hybridized carbons (Fsp3) is 0.667. The minimum atomic E-state index is 0.0565. The average molecular weight is 399 g/mol. The van der Waals surface area contributed by atoms with Crippen LogP contribution in [0, 0.1) is 24.7 Å². The molecule has 1 aromatic rings. The van der Waals surface area contributed by atoms with E-state index in [1.165, 1.54) is 0 Å². The van der Waals surface area contributed by atoms with Crippen LogP contribution in [0.4, 0.5) is 0 Å². The summed E-state index contributed by atoms with van der Waals surface area (Å²) in [6.07, 6.45) is 6.02. The van der Waals surface area contributed by atoms with Crippen LogP contribution in [-0.4, -0.2) is 51.9 Å². The van der Waals surface area contributed by atoms with Gasteiger partial charge < -0.3 is 14.9 Å². The number of phenols is 1. The smallest absolute Gasteiger partial charge is 0.253 e. The van der Waals surface area contributed by atoms with Crippen LogP contribution in [0.15, 0.2) is 18.2 Å². The van der Waals surface area contributed by atoms with Crippen molar-refractivity contribution in [1.29, 1.82) is 0 Å². The van der Waals surface area contributed by atoms with Crippen molar-refractivity contribution in [2.45, 2.75) is 71.4 Å². The number of piperidine rings is 3. The van der Waals surface area contributed by atoms with Crippen LogP contribution >= 0.6 is 0 Å². The molecule has 4 atom stereocenters. The van der Waals surface area contributed by atoms with Gasteiger partial charge in [-0.05, 0) is 80.5 Å². The second-order valence-electron chi connectivity index (χ2n) is 9.77. The second-order valence-corrected chi connectivity index (χ2v) is 9.77. The van der Waals surface area contributed by atoms with Crippen LogP contribution in [-0.2, 0) is 4.79 Å². The number of phenolic OH excluding ortho intramolecular Hbond substituents is 1. The molecular formula is C24H34N2O3. The molecule has 5 heteroatoms. The number of likely N-dealkylation sites (tertiary alicyclic amines) is 1. The molecule has 2 bridgehead atoms. The van der Waals surface area contributed by atoms with E-state index in [1.54, 1.807) is 18.2 Å². The standard InChI is InChI=1S/C24H34N2O3/c1-15(2)7-9-21-19-12-18(20-5-4-6-23(28)26(20)21)13-25(14-19)24(29)17-8-10-22(27)16(3)11-17/h8,10-11,15,18-21,27H,4-7,9,12-14H2,1-3H3/t18-,19+,20+,21+/m1/s1. The van der Waals surface area contributed by atoms with Crippen molar-refractivity contribution in [1.82, 2.24) is 9.80 Å². The predicted molar refractivity (Wildman–Crippen MR) is 113 cm³/mol. The van der Waals surface area contributed by atoms with Crippen molar-refractivity contribution >= 4 is 11.8 Å². The Balaban J connectivity index is 1.58. The Morgan fingerprint density at radius 3 is 2.72 bits per heavy atom. The zero-order chi connectivity index (χ0) is 20.7. The highest BCUT2D eigenvalue weighted by atomic mass is 16.3. The highest BCUT2D eigenvalue weighted by Gasteiger charge is 2.49. The molecule has 1 aromatic carbocycles. The van der Waals surface area contributed by atoms with Crippen LogP contribution < -0.4 is 0 Å². The quantitative estimate of drug-likeness (QED) is 0.835. The molecule has 3 aliphatic rings. The summed E-state index contributed by atoms with van der Waals surface area (Å²) < 4.78 is 0. The number of hydrogen-bond donors (Lipinski definition) is 1. The van der Waals surface area contributed by atoms with Gasteiger partial charge in [0, 0.05) is 37.2 Å². The van der Waals surface area contributed by atoms with E-state index in [0.717, 1.165) is 50.8 Å². The van der Waals surface area contributed by atoms with E-state index in [0.29, 0.717) is 41.7 Å². The average Bonchev–Trinajstić information content (AvgIpc) is 2.69. The van der Waals surface area contributed by atoms with Gasteiger partial charge in [0.15, 0.2) is 0 Å². The lowest BCUT2D eigenvalue weighted by Crippen LogP contribution is -2.65. The lowest BCUT2D eigenvalue weighted by Gasteiger charge is -2.57. The molecule has 29 heavy (non-hydrogen) atoms. The van der Waals surface area contributed by atoms with Crippen molar-refractivity contribution in [3.05, 3.63) is 29.3 Å². The van der Waals surface area contributed by atoms with Gasteiger partial charge in [-0.1, -0.05) is 13.8 Å². The number of rotatable bonds is 4. The molecule has 0 aromatic heterocycles. The van der Waals surface area contributed by atoms with Gasteiger partial charge in [0.1, 0.15) is 5.75 Å². The van der Waals surface area contributed by atoms with Gasteiger partial charge in [-0.25, -0.2) is 0 Å². The first-order valence-electron chi connectivity index (χ1n) is 11.2. The maximum absolute atomic E-state index is 13.3. The first-order valence-corrected chi connectivity index (χ1v) is 11.2. The van der Waals surface area contributed by atoms with Gasteiger partial charge in [0.05, 0.1) is 0 Å². The Morgan fingerprint density at radius 2 is 2.00 bits per heavy atom. The number of aryl methyl sites for hydroxylation is 1. The Labute approximate surface area is 174 Å². The third kappa shape index (κ3) is 3.88. The van der Waals surface area contributed by atoms with Gasteiger partial charge in [-0.3, -0.25) is 9.59 Å². The number of hydrogen-bond acceptors (Lipinski definition) is 3. The summed E-state index contributed by atoms with van der Waals surface area (Å²) in [6, 6.07) is 5.68. The number of amides is 2. The molecule has 3 fully saturated rings. The van der Waals surface area contributed by atoms with Gasteiger partial charge in [-0.15, -0.1) is 0 Å². The second kappa shape index (κ2) is 8.00. The van der Waals surface area contributed by atoms with E-state index in [-0.39, 0.29) is 17.7 Å². The fourth-order valence-electron chi connectivity index (χ4n) is 5.79. The number of benzene rings is 1. The topological polar surface area (TPSA) is 60.9 Å². The Kier molecular flexibility index (Phi) is 5.58. The molecule has 3 heterocycles. The molecule has 158 valence electrons. The van der Waals surface area contributed by atoms with E-state index in [1.807, 2.05) is 11.8 Å². The monoisotopic (exact) mass is 398 g/mol. The molecule has 3 aliphatic heterocycles. The van der Waals surface area contributed by atoms with Gasteiger partial charge in [-0.2, -0.15) is 0 Å². The third-order valence-corrected chi connectivity index (χ3v) is 7.27. The van der Waals surface area contributed by atoms with E-state index < -0.39 is 0 Å². The summed E-state index contributed by atoms with van der Waals surface area (Å²) in [4.78, 5) is 30.4. The first-order chi connectivity index (χ1) is 13.8. The Bertz CT molecular complexity index is 790. The molecule has 0 spiro atoms. The lowest BCUT2D eigenvalue weighted by molar-refractivity contribution is -0.152. The summed E-state index contributed by atoms with van der Waals surface area (Å²) in [6.45, 7) is 7.77. The van der Waals surface area contributed by atoms with Crippen LogP contribution in [0.1, 0.15) is 68.3 Å². The van der Waals surface area contributed by atoms with Crippen molar-refractivity contribution in [2.24, 2.45) is 17.8 Å². The number of fused-ring (bicyclic) bond motifs is 4. The Hall–Kier alpha value is -2.04. The number of nitrogens with zero attached hydrogens (tertiary/aromatic N) is 2. The molecule has 3 saturated heterocycles. The minimum absolute atomic E-state index is 0.0565. The maximum Gasteiger partial charge on any atom is 0.253 e. The Morgan fingerprint density at radius 1 is 1.24 bits per heavy atom. The summed E-state index contributed by atoms with van der Waals surface area (Å²) in [5, 5.41) is 9.80. The van der Waals surface area contributed by atoms with Crippen LogP contribution in [0.5, 0.6) is 5.75 Å². The largest absolute Gasteiger partial charge is 0.508 e. The zero-order valence-electron chi connectivity index (χ0n) is 17.9. The molecule has 5 nitrogen and oxygen atoms in total. The molecule has 0 radical (unpaired) electrons. The molecule has 0 unspecified atom stereocenters. The summed E-state index contributed by atoms with van der Waals surface area (Å²) >= 11 is 0. The van der Waals surface area contributed by atoms with Crippen LogP contribution in [0.2, 0.25) is 0 Å². The van der Waals surface area contributed by atoms with E-state index in [2.05, 4.69) is 18.7 Å². The third-order valence-electron chi connectivity index (χ3n) is 7.27. The van der Waals surface area contributed by atoms with E-state index >= 15 is 0 Å². The normalized spacial score (nSPS) is 29.2. The van der Waals surface area contributed by atoms with Crippen molar-refractivity contribution in [3.8, 4) is 5.75 Å². The molecule has 2 amide bonds. The number of carbonyl (C=O) groups is 2. The van der Waals surface area contributed by atoms with E-state index in [4.69, 9.17) is 0 Å². The first kappa shape index (κ1) is 20.2. The minimum Gasteiger partial charge on any atom is -0.508 e. The highest BCUT2D eigenvalue weighted by Crippen LogP contribution is 2.43. The van der Waals surface area contributed by atoms with Crippen molar-refractivity contribution in [3.63, 3.8) is 0 Å². The number of carbonyl (C=O) groups excluding carboxylic acids is 2. The van der Waals surface area contributed by atoms with Crippen LogP contribution in [0.3, 0.4) is 0 Å². The predicted octanol–water partition coefficient (Wildman–Crippen LogP) is 3.98. The van der Waals surface area contributed by atoms with E-state index in [9.17, 15) is 14.7 Å². The van der Waals surface area contributed by atoms with Crippen LogP contribution in [0.25, 0.3) is 0 Å². The zero-order valence-corrected chi connectivity index (χ0v) is 17.9. The van der Waals surface area contributed by atoms with Crippen molar-refractivity contribution in [2.75, 3.05) is 13.1 Å². The summed E-state index contributed by atoms with van der Waals surface area (Å²) in [5.41, 5.74) is 1.38. The van der Waals surface area contributed by atoms with Gasteiger partial charge in [0.25, 0.3) is 5.91 Å². The van der Waals surface area contributed by atoms with Gasteiger partial charge in [0.2, 0.25) is 5.91 Å². The maximum atomic E-state index is 13.3. The fourth-order valence-corrected chi connectivity index (χ4v) is 5.79. The molecule has 1 N–H and O–H groups in total. The lowest BCUT2D eigenvalue weighted by atomic mass is 9.70. The number of aromatic hydroxyl groups is 1. The SMILES string of the molecule is Cc1cc(C(=O)N2C[C@H]3C[C@@H](C2)[C@H](CCC(C)C)N2C(=O)CCC[C@@H]32)ccc1O. The summed E-state index contributed by atoms with van der Waals surface area (Å²) in [5.74, 6) is 1.98. The summed E-state index contributed by atoms with van der Waals surface area (Å²) in [7, 11) is 0. The molecule has 0 aliphatic carbocycles. The molecule has 4 rings (SSSR count). The molecular weight excluding hydrogens is 364 g/mol.